The van der Waals surface area contributed by atoms with E-state index in [1.54, 1.807) is 0 Å². The van der Waals surface area contributed by atoms with Gasteiger partial charge >= 0.3 is 6.09 Å². The molecule has 17 heavy (non-hydrogen) atoms. The predicted molar refractivity (Wildman–Crippen MR) is 75.6 cm³/mol. The monoisotopic (exact) mass is 352 g/mol. The van der Waals surface area contributed by atoms with Gasteiger partial charge in [0.1, 0.15) is 5.60 Å². The predicted octanol–water partition coefficient (Wildman–Crippen LogP) is 2.21. The Morgan fingerprint density at radius 3 is 2.71 bits per heavy atom. The van der Waals surface area contributed by atoms with Crippen molar-refractivity contribution in [2.45, 2.75) is 54.6 Å². The number of fused-ring (bicyclic) bond motifs is 1. The van der Waals surface area contributed by atoms with E-state index >= 15 is 0 Å². The largest absolute Gasteiger partial charge is 0.444 e. The third-order valence-corrected chi connectivity index (χ3v) is 5.56. The van der Waals surface area contributed by atoms with Crippen molar-refractivity contribution in [3.63, 3.8) is 0 Å². The van der Waals surface area contributed by atoms with E-state index in [1.807, 2.05) is 20.8 Å². The normalized spacial score (nSPS) is 36.7. The molecule has 1 aliphatic heterocycles. The van der Waals surface area contributed by atoms with E-state index in [0.717, 1.165) is 25.9 Å². The summed E-state index contributed by atoms with van der Waals surface area (Å²) in [6.45, 7) is 7.51. The Morgan fingerprint density at radius 2 is 2.06 bits per heavy atom. The first-order chi connectivity index (χ1) is 7.77. The topological polar surface area (TPSA) is 50.4 Å². The molecule has 2 atom stereocenters. The van der Waals surface area contributed by atoms with E-state index in [4.69, 9.17) is 4.74 Å². The molecule has 0 bridgehead atoms. The first-order valence-electron chi connectivity index (χ1n) is 6.17. The minimum Gasteiger partial charge on any atom is -0.444 e. The van der Waals surface area contributed by atoms with Crippen LogP contribution in [0.1, 0.15) is 40.0 Å². The van der Waals surface area contributed by atoms with Crippen LogP contribution in [0.5, 0.6) is 0 Å². The van der Waals surface area contributed by atoms with Crippen molar-refractivity contribution < 1.29 is 9.53 Å². The van der Waals surface area contributed by atoms with E-state index < -0.39 is 5.60 Å². The minimum absolute atomic E-state index is 0.115. The van der Waals surface area contributed by atoms with E-state index in [9.17, 15) is 4.79 Å². The zero-order valence-electron chi connectivity index (χ0n) is 10.7. The zero-order valence-corrected chi connectivity index (χ0v) is 12.9. The Morgan fingerprint density at radius 1 is 1.35 bits per heavy atom. The van der Waals surface area contributed by atoms with Crippen LogP contribution in [0.25, 0.3) is 0 Å². The highest BCUT2D eigenvalue weighted by Crippen LogP contribution is 2.48. The van der Waals surface area contributed by atoms with Crippen LogP contribution in [0.3, 0.4) is 0 Å². The lowest BCUT2D eigenvalue weighted by Crippen LogP contribution is -2.58. The highest BCUT2D eigenvalue weighted by molar-refractivity contribution is 14.1. The second-order valence-electron chi connectivity index (χ2n) is 6.13. The van der Waals surface area contributed by atoms with Crippen molar-refractivity contribution in [3.8, 4) is 0 Å². The van der Waals surface area contributed by atoms with Crippen LogP contribution >= 0.6 is 22.6 Å². The average molecular weight is 352 g/mol. The van der Waals surface area contributed by atoms with Gasteiger partial charge in [0.25, 0.3) is 0 Å². The average Bonchev–Trinajstić information content (AvgIpc) is 2.53. The molecule has 4 nitrogen and oxygen atoms in total. The molecule has 2 aliphatic rings. The second-order valence-corrected chi connectivity index (χ2v) is 8.20. The maximum atomic E-state index is 11.9. The van der Waals surface area contributed by atoms with Crippen LogP contribution in [0.4, 0.5) is 4.79 Å². The van der Waals surface area contributed by atoms with Gasteiger partial charge in [0.05, 0.1) is 8.96 Å². The number of carbonyl (C=O) groups is 1. The Balaban J connectivity index is 2.05. The summed E-state index contributed by atoms with van der Waals surface area (Å²) in [6.07, 6.45) is 3.10. The van der Waals surface area contributed by atoms with E-state index in [2.05, 4.69) is 33.2 Å². The van der Waals surface area contributed by atoms with Gasteiger partial charge < -0.3 is 15.4 Å². The number of ether oxygens (including phenoxy) is 1. The zero-order chi connectivity index (χ0) is 12.7. The van der Waals surface area contributed by atoms with E-state index in [1.165, 1.54) is 6.42 Å². The summed E-state index contributed by atoms with van der Waals surface area (Å²) in [5, 5.41) is 6.52. The molecule has 5 heteroatoms. The number of amides is 1. The summed E-state index contributed by atoms with van der Waals surface area (Å²) >= 11 is 2.51. The maximum Gasteiger partial charge on any atom is 0.408 e. The lowest BCUT2D eigenvalue weighted by molar-refractivity contribution is 0.0460. The fraction of sp³-hybridized carbons (Fsp3) is 0.917. The first-order valence-corrected chi connectivity index (χ1v) is 7.25. The summed E-state index contributed by atoms with van der Waals surface area (Å²) < 4.78 is 5.52. The Hall–Kier alpha value is -0.0400. The minimum atomic E-state index is -0.431. The lowest BCUT2D eigenvalue weighted by atomic mass is 9.91. The van der Waals surface area contributed by atoms with Gasteiger partial charge in [-0.2, -0.15) is 0 Å². The van der Waals surface area contributed by atoms with Crippen molar-refractivity contribution in [1.82, 2.24) is 10.6 Å². The molecule has 1 amide bonds. The van der Waals surface area contributed by atoms with Gasteiger partial charge in [-0.25, -0.2) is 4.79 Å². The van der Waals surface area contributed by atoms with Gasteiger partial charge in [-0.3, -0.25) is 0 Å². The first kappa shape index (κ1) is 13.4. The molecule has 2 fully saturated rings. The number of alkyl carbamates (subject to hydrolysis) is 1. The summed E-state index contributed by atoms with van der Waals surface area (Å²) in [7, 11) is 0. The molecular formula is C12H21IN2O2. The number of nitrogens with one attached hydrogen (secondary N) is 2. The number of hydrogen-bond acceptors (Lipinski definition) is 3. The molecule has 2 N–H and O–H groups in total. The number of alkyl halides is 1. The molecule has 0 aromatic rings. The van der Waals surface area contributed by atoms with Crippen molar-refractivity contribution in [3.05, 3.63) is 0 Å². The Bertz CT molecular complexity index is 315. The molecule has 2 rings (SSSR count). The van der Waals surface area contributed by atoms with E-state index in [0.29, 0.717) is 0 Å². The van der Waals surface area contributed by atoms with E-state index in [-0.39, 0.29) is 15.1 Å². The van der Waals surface area contributed by atoms with Crippen LogP contribution < -0.4 is 10.6 Å². The third kappa shape index (κ3) is 2.54. The van der Waals surface area contributed by atoms with Crippen molar-refractivity contribution >= 4 is 28.7 Å². The number of rotatable bonds is 1. The molecule has 1 saturated heterocycles. The smallest absolute Gasteiger partial charge is 0.408 e. The molecule has 2 unspecified atom stereocenters. The van der Waals surface area contributed by atoms with Crippen LogP contribution in [-0.2, 0) is 4.74 Å². The Labute approximate surface area is 116 Å². The molecule has 98 valence electrons. The summed E-state index contributed by atoms with van der Waals surface area (Å²) in [5.74, 6) is 0. The quantitative estimate of drug-likeness (QED) is 0.562. The lowest BCUT2D eigenvalue weighted by Gasteiger charge is -2.36. The highest BCUT2D eigenvalue weighted by atomic mass is 127. The van der Waals surface area contributed by atoms with Gasteiger partial charge in [-0.05, 0) is 40.0 Å². The molecule has 0 aromatic heterocycles. The van der Waals surface area contributed by atoms with Gasteiger partial charge in [0, 0.05) is 13.1 Å². The fourth-order valence-corrected chi connectivity index (χ4v) is 4.08. The molecule has 1 heterocycles. The number of carbonyl (C=O) groups excluding carboxylic acids is 1. The van der Waals surface area contributed by atoms with Gasteiger partial charge in [0.2, 0.25) is 0 Å². The SMILES string of the molecule is CC(C)(C)OC(=O)NC12CCCC1(I)CNC2. The second kappa shape index (κ2) is 4.26. The molecule has 0 radical (unpaired) electrons. The molecule has 0 spiro atoms. The standard InChI is InChI=1S/C12H21IN2O2/c1-10(2,3)17-9(16)15-12-6-4-5-11(12,13)7-14-8-12/h14H,4-8H2,1-3H3,(H,15,16). The van der Waals surface area contributed by atoms with Gasteiger partial charge in [0.15, 0.2) is 0 Å². The van der Waals surface area contributed by atoms with Crippen LogP contribution in [0.2, 0.25) is 0 Å². The van der Waals surface area contributed by atoms with Crippen molar-refractivity contribution in [2.75, 3.05) is 13.1 Å². The summed E-state index contributed by atoms with van der Waals surface area (Å²) in [5.41, 5.74) is -0.546. The van der Waals surface area contributed by atoms with Crippen LogP contribution in [0.15, 0.2) is 0 Å². The maximum absolute atomic E-state index is 11.9. The fourth-order valence-electron chi connectivity index (χ4n) is 2.83. The van der Waals surface area contributed by atoms with Crippen molar-refractivity contribution in [1.29, 1.82) is 0 Å². The van der Waals surface area contributed by atoms with Gasteiger partial charge in [-0.15, -0.1) is 0 Å². The van der Waals surface area contributed by atoms with Crippen LogP contribution in [-0.4, -0.2) is 33.7 Å². The highest BCUT2D eigenvalue weighted by Gasteiger charge is 2.57. The molecule has 0 aromatic carbocycles. The Kier molecular flexibility index (Phi) is 3.36. The summed E-state index contributed by atoms with van der Waals surface area (Å²) in [6, 6.07) is 0. The van der Waals surface area contributed by atoms with Crippen molar-refractivity contribution in [2.24, 2.45) is 0 Å². The molecule has 1 aliphatic carbocycles. The summed E-state index contributed by atoms with van der Waals surface area (Å²) in [4.78, 5) is 11.9. The molecule has 1 saturated carbocycles. The van der Waals surface area contributed by atoms with Gasteiger partial charge in [-0.1, -0.05) is 22.6 Å². The third-order valence-electron chi connectivity index (χ3n) is 3.61. The van der Waals surface area contributed by atoms with Crippen LogP contribution in [0, 0.1) is 0 Å². The molecular weight excluding hydrogens is 331 g/mol. The number of hydrogen-bond donors (Lipinski definition) is 2. The number of halogens is 1.